The fourth-order valence-corrected chi connectivity index (χ4v) is 3.86. The third kappa shape index (κ3) is 3.87. The SMILES string of the molecule is Cc1cccn2c(=O)cc(CN3CCN(C4CCNC4)CC3)nc12.Cl. The molecule has 2 aliphatic rings. The minimum Gasteiger partial charge on any atom is -0.315 e. The van der Waals surface area contributed by atoms with Crippen molar-refractivity contribution in [1.29, 1.82) is 0 Å². The number of piperazine rings is 1. The Morgan fingerprint density at radius 2 is 2.08 bits per heavy atom. The van der Waals surface area contributed by atoms with E-state index in [2.05, 4.69) is 15.1 Å². The molecule has 2 aromatic heterocycles. The average molecular weight is 364 g/mol. The van der Waals surface area contributed by atoms with Crippen LogP contribution in [0.2, 0.25) is 0 Å². The molecular formula is C18H26ClN5O. The molecule has 2 fully saturated rings. The fourth-order valence-electron chi connectivity index (χ4n) is 3.86. The number of rotatable bonds is 3. The molecule has 0 bridgehead atoms. The van der Waals surface area contributed by atoms with Gasteiger partial charge in [-0.05, 0) is 31.5 Å². The number of aromatic nitrogens is 2. The molecule has 0 amide bonds. The zero-order valence-corrected chi connectivity index (χ0v) is 15.5. The summed E-state index contributed by atoms with van der Waals surface area (Å²) in [6.45, 7) is 9.35. The minimum absolute atomic E-state index is 0. The van der Waals surface area contributed by atoms with Gasteiger partial charge in [0.2, 0.25) is 0 Å². The van der Waals surface area contributed by atoms with Crippen LogP contribution in [0.5, 0.6) is 0 Å². The largest absolute Gasteiger partial charge is 0.315 e. The van der Waals surface area contributed by atoms with E-state index in [0.29, 0.717) is 6.04 Å². The van der Waals surface area contributed by atoms with E-state index in [1.54, 1.807) is 16.7 Å². The topological polar surface area (TPSA) is 52.9 Å². The standard InChI is InChI=1S/C18H25N5O.ClH/c1-14-3-2-6-23-17(24)11-15(20-18(14)23)13-21-7-9-22(10-8-21)16-4-5-19-12-16;/h2-3,6,11,16,19H,4-5,7-10,12-13H2,1H3;1H. The molecular weight excluding hydrogens is 338 g/mol. The number of nitrogens with zero attached hydrogens (tertiary/aromatic N) is 4. The second-order valence-electron chi connectivity index (χ2n) is 6.93. The number of halogens is 1. The van der Waals surface area contributed by atoms with Crippen molar-refractivity contribution in [3.63, 3.8) is 0 Å². The van der Waals surface area contributed by atoms with Crippen LogP contribution in [0.3, 0.4) is 0 Å². The van der Waals surface area contributed by atoms with E-state index in [0.717, 1.165) is 62.7 Å². The molecule has 1 N–H and O–H groups in total. The Kier molecular flexibility index (Phi) is 5.74. The van der Waals surface area contributed by atoms with Gasteiger partial charge in [0.1, 0.15) is 5.65 Å². The molecule has 2 saturated heterocycles. The van der Waals surface area contributed by atoms with Crippen molar-refractivity contribution >= 4 is 18.1 Å². The molecule has 0 aromatic carbocycles. The maximum atomic E-state index is 12.3. The summed E-state index contributed by atoms with van der Waals surface area (Å²) in [5, 5.41) is 3.45. The average Bonchev–Trinajstić information content (AvgIpc) is 3.11. The summed E-state index contributed by atoms with van der Waals surface area (Å²) >= 11 is 0. The Morgan fingerprint density at radius 3 is 2.80 bits per heavy atom. The van der Waals surface area contributed by atoms with E-state index in [-0.39, 0.29) is 18.0 Å². The van der Waals surface area contributed by atoms with Crippen LogP contribution in [-0.2, 0) is 6.54 Å². The van der Waals surface area contributed by atoms with E-state index in [1.165, 1.54) is 6.42 Å². The number of hydrogen-bond donors (Lipinski definition) is 1. The van der Waals surface area contributed by atoms with Gasteiger partial charge in [-0.2, -0.15) is 0 Å². The van der Waals surface area contributed by atoms with Crippen molar-refractivity contribution in [1.82, 2.24) is 24.5 Å². The summed E-state index contributed by atoms with van der Waals surface area (Å²) in [7, 11) is 0. The van der Waals surface area contributed by atoms with Gasteiger partial charge in [-0.25, -0.2) is 4.98 Å². The van der Waals surface area contributed by atoms with Crippen LogP contribution in [0.15, 0.2) is 29.2 Å². The third-order valence-corrected chi connectivity index (χ3v) is 5.28. The van der Waals surface area contributed by atoms with Gasteiger partial charge in [-0.1, -0.05) is 6.07 Å². The van der Waals surface area contributed by atoms with Gasteiger partial charge in [-0.15, -0.1) is 12.4 Å². The highest BCUT2D eigenvalue weighted by molar-refractivity contribution is 5.85. The molecule has 0 spiro atoms. The predicted octanol–water partition coefficient (Wildman–Crippen LogP) is 0.904. The number of pyridine rings is 1. The highest BCUT2D eigenvalue weighted by Crippen LogP contribution is 2.14. The molecule has 4 rings (SSSR count). The van der Waals surface area contributed by atoms with E-state index in [9.17, 15) is 4.79 Å². The van der Waals surface area contributed by atoms with E-state index in [1.807, 2.05) is 19.1 Å². The first-order valence-electron chi connectivity index (χ1n) is 8.86. The Morgan fingerprint density at radius 1 is 1.28 bits per heavy atom. The van der Waals surface area contributed by atoms with Gasteiger partial charge in [0, 0.05) is 57.6 Å². The Hall–Kier alpha value is -1.47. The van der Waals surface area contributed by atoms with Crippen LogP contribution in [0.25, 0.3) is 5.65 Å². The fraction of sp³-hybridized carbons (Fsp3) is 0.556. The van der Waals surface area contributed by atoms with Crippen LogP contribution in [0.1, 0.15) is 17.7 Å². The highest BCUT2D eigenvalue weighted by atomic mass is 35.5. The molecule has 4 heterocycles. The molecule has 1 unspecified atom stereocenters. The Bertz CT molecular complexity index is 779. The zero-order chi connectivity index (χ0) is 16.5. The maximum absolute atomic E-state index is 12.3. The summed E-state index contributed by atoms with van der Waals surface area (Å²) in [5.74, 6) is 0. The molecule has 0 radical (unpaired) electrons. The second kappa shape index (κ2) is 7.83. The van der Waals surface area contributed by atoms with E-state index < -0.39 is 0 Å². The lowest BCUT2D eigenvalue weighted by molar-refractivity contribution is 0.0973. The summed E-state index contributed by atoms with van der Waals surface area (Å²) in [6.07, 6.45) is 3.05. The van der Waals surface area contributed by atoms with Gasteiger partial charge in [0.05, 0.1) is 5.69 Å². The molecule has 1 atom stereocenters. The summed E-state index contributed by atoms with van der Waals surface area (Å²) < 4.78 is 1.63. The number of fused-ring (bicyclic) bond motifs is 1. The number of nitrogens with one attached hydrogen (secondary N) is 1. The monoisotopic (exact) mass is 363 g/mol. The highest BCUT2D eigenvalue weighted by Gasteiger charge is 2.26. The first-order chi connectivity index (χ1) is 11.7. The van der Waals surface area contributed by atoms with Gasteiger partial charge in [0.25, 0.3) is 5.56 Å². The lowest BCUT2D eigenvalue weighted by atomic mass is 10.2. The number of hydrogen-bond acceptors (Lipinski definition) is 5. The third-order valence-electron chi connectivity index (χ3n) is 5.28. The summed E-state index contributed by atoms with van der Waals surface area (Å²) in [4.78, 5) is 22.0. The van der Waals surface area contributed by atoms with Crippen molar-refractivity contribution in [3.05, 3.63) is 46.0 Å². The summed E-state index contributed by atoms with van der Waals surface area (Å²) in [5.41, 5.74) is 2.70. The first-order valence-corrected chi connectivity index (χ1v) is 8.86. The van der Waals surface area contributed by atoms with Crippen LogP contribution in [0.4, 0.5) is 0 Å². The van der Waals surface area contributed by atoms with Gasteiger partial charge in [-0.3, -0.25) is 19.0 Å². The normalized spacial score (nSPS) is 22.2. The lowest BCUT2D eigenvalue weighted by Gasteiger charge is -2.37. The number of aryl methyl sites for hydroxylation is 1. The first kappa shape index (κ1) is 18.3. The van der Waals surface area contributed by atoms with Gasteiger partial charge in [0.15, 0.2) is 0 Å². The van der Waals surface area contributed by atoms with Crippen molar-refractivity contribution in [2.75, 3.05) is 39.3 Å². The molecule has 0 aliphatic carbocycles. The van der Waals surface area contributed by atoms with Crippen LogP contribution >= 0.6 is 12.4 Å². The second-order valence-corrected chi connectivity index (χ2v) is 6.93. The van der Waals surface area contributed by atoms with Crippen LogP contribution in [0, 0.1) is 6.92 Å². The molecule has 2 aliphatic heterocycles. The summed E-state index contributed by atoms with van der Waals surface area (Å²) in [6, 6.07) is 6.28. The van der Waals surface area contributed by atoms with E-state index >= 15 is 0 Å². The lowest BCUT2D eigenvalue weighted by Crippen LogP contribution is -2.50. The molecule has 7 heteroatoms. The molecule has 136 valence electrons. The Balaban J connectivity index is 0.00000182. The van der Waals surface area contributed by atoms with Crippen LogP contribution in [-0.4, -0.2) is 64.5 Å². The van der Waals surface area contributed by atoms with Crippen LogP contribution < -0.4 is 10.9 Å². The minimum atomic E-state index is 0. The smallest absolute Gasteiger partial charge is 0.258 e. The molecule has 2 aromatic rings. The molecule has 0 saturated carbocycles. The van der Waals surface area contributed by atoms with Gasteiger partial charge < -0.3 is 5.32 Å². The van der Waals surface area contributed by atoms with Crippen molar-refractivity contribution in [2.45, 2.75) is 25.9 Å². The maximum Gasteiger partial charge on any atom is 0.258 e. The van der Waals surface area contributed by atoms with Crippen molar-refractivity contribution in [2.24, 2.45) is 0 Å². The van der Waals surface area contributed by atoms with Gasteiger partial charge >= 0.3 is 0 Å². The molecule has 25 heavy (non-hydrogen) atoms. The zero-order valence-electron chi connectivity index (χ0n) is 14.6. The Labute approximate surface area is 154 Å². The van der Waals surface area contributed by atoms with E-state index in [4.69, 9.17) is 4.98 Å². The molecule has 6 nitrogen and oxygen atoms in total. The predicted molar refractivity (Wildman–Crippen MR) is 102 cm³/mol. The van der Waals surface area contributed by atoms with Crippen molar-refractivity contribution < 1.29 is 0 Å². The van der Waals surface area contributed by atoms with Crippen molar-refractivity contribution in [3.8, 4) is 0 Å². The quantitative estimate of drug-likeness (QED) is 0.878.